The van der Waals surface area contributed by atoms with Crippen LogP contribution >= 0.6 is 23.2 Å². The molecular weight excluding hydrogens is 453 g/mol. The van der Waals surface area contributed by atoms with Crippen LogP contribution in [0.1, 0.15) is 42.5 Å². The minimum atomic E-state index is -0.430. The zero-order chi connectivity index (χ0) is 22.6. The van der Waals surface area contributed by atoms with E-state index in [1.165, 1.54) is 17.0 Å². The number of likely N-dealkylation sites (tertiary alicyclic amines) is 1. The van der Waals surface area contributed by atoms with Crippen LogP contribution in [0.3, 0.4) is 0 Å². The predicted molar refractivity (Wildman–Crippen MR) is 117 cm³/mol. The Kier molecular flexibility index (Phi) is 5.62. The van der Waals surface area contributed by atoms with E-state index in [0.717, 1.165) is 6.42 Å². The molecule has 0 N–H and O–H groups in total. The number of amides is 2. The summed E-state index contributed by atoms with van der Waals surface area (Å²) in [6.45, 7) is -0.387. The minimum Gasteiger partial charge on any atom is -0.457 e. The fourth-order valence-electron chi connectivity index (χ4n) is 5.90. The van der Waals surface area contributed by atoms with E-state index in [-0.39, 0.29) is 64.6 Å². The number of halogens is 2. The zero-order valence-electron chi connectivity index (χ0n) is 17.3. The Hall–Kier alpha value is -2.18. The highest BCUT2D eigenvalue weighted by Crippen LogP contribution is 2.53. The molecule has 1 aromatic rings. The van der Waals surface area contributed by atoms with Gasteiger partial charge in [0.1, 0.15) is 0 Å². The molecule has 3 aliphatic carbocycles. The zero-order valence-corrected chi connectivity index (χ0v) is 18.8. The number of allylic oxidation sites excluding steroid dienone is 2. The van der Waals surface area contributed by atoms with Crippen molar-refractivity contribution in [3.63, 3.8) is 0 Å². The van der Waals surface area contributed by atoms with Crippen molar-refractivity contribution in [1.82, 2.24) is 4.90 Å². The van der Waals surface area contributed by atoms with Gasteiger partial charge in [0.15, 0.2) is 6.61 Å². The molecule has 4 unspecified atom stereocenters. The highest BCUT2D eigenvalue weighted by Gasteiger charge is 2.60. The molecule has 3 fully saturated rings. The molecule has 4 aliphatic rings. The predicted octanol–water partition coefficient (Wildman–Crippen LogP) is 4.09. The number of carbonyl (C=O) groups excluding carboxylic acids is 4. The molecule has 32 heavy (non-hydrogen) atoms. The topological polar surface area (TPSA) is 80.8 Å². The molecule has 0 radical (unpaired) electrons. The molecule has 4 atom stereocenters. The third kappa shape index (κ3) is 3.57. The van der Waals surface area contributed by atoms with Crippen molar-refractivity contribution in [2.75, 3.05) is 6.61 Å². The number of benzene rings is 1. The molecule has 1 aliphatic heterocycles. The average molecular weight is 476 g/mol. The van der Waals surface area contributed by atoms with Crippen LogP contribution in [0.15, 0.2) is 30.4 Å². The Morgan fingerprint density at radius 3 is 2.19 bits per heavy atom. The number of fused-ring (bicyclic) bond motifs is 5. The summed E-state index contributed by atoms with van der Waals surface area (Å²) < 4.78 is 5.25. The van der Waals surface area contributed by atoms with E-state index >= 15 is 0 Å². The summed E-state index contributed by atoms with van der Waals surface area (Å²) in [6.07, 6.45) is 7.30. The summed E-state index contributed by atoms with van der Waals surface area (Å²) in [6, 6.07) is 4.38. The van der Waals surface area contributed by atoms with Crippen molar-refractivity contribution in [3.8, 4) is 0 Å². The van der Waals surface area contributed by atoms with E-state index in [0.29, 0.717) is 30.7 Å². The van der Waals surface area contributed by atoms with Gasteiger partial charge in [0.05, 0.1) is 22.8 Å². The number of nitrogens with zero attached hydrogens (tertiary/aromatic N) is 1. The summed E-state index contributed by atoms with van der Waals surface area (Å²) >= 11 is 11.9. The van der Waals surface area contributed by atoms with Crippen LogP contribution in [0.4, 0.5) is 0 Å². The quantitative estimate of drug-likeness (QED) is 0.277. The number of imide groups is 1. The highest BCUT2D eigenvalue weighted by atomic mass is 35.5. The van der Waals surface area contributed by atoms with Gasteiger partial charge in [-0.15, -0.1) is 0 Å². The molecular formula is C24H23Cl2NO5. The number of carbonyl (C=O) groups is 4. The Bertz CT molecular complexity index is 999. The molecule has 2 bridgehead atoms. The van der Waals surface area contributed by atoms with Crippen LogP contribution in [-0.2, 0) is 19.1 Å². The molecule has 0 aromatic heterocycles. The maximum Gasteiger partial charge on any atom is 0.309 e. The molecule has 1 heterocycles. The summed E-state index contributed by atoms with van der Waals surface area (Å²) in [5.41, 5.74) is 0.257. The molecule has 6 nitrogen and oxygen atoms in total. The molecule has 2 saturated carbocycles. The van der Waals surface area contributed by atoms with E-state index < -0.39 is 11.8 Å². The summed E-state index contributed by atoms with van der Waals surface area (Å²) in [5.74, 6) is -1.21. The SMILES string of the molecule is O=C(COC(=O)C1CCC(N2C(=O)C3C4C=CC(C4)C3C2=O)CC1)c1ccc(Cl)cc1Cl. The first-order valence-corrected chi connectivity index (χ1v) is 11.8. The van der Waals surface area contributed by atoms with Crippen molar-refractivity contribution >= 4 is 46.8 Å². The van der Waals surface area contributed by atoms with Crippen LogP contribution in [0.5, 0.6) is 0 Å². The first-order valence-electron chi connectivity index (χ1n) is 11.0. The van der Waals surface area contributed by atoms with Gasteiger partial charge in [-0.3, -0.25) is 24.1 Å². The Morgan fingerprint density at radius 2 is 1.59 bits per heavy atom. The van der Waals surface area contributed by atoms with Gasteiger partial charge in [0, 0.05) is 16.6 Å². The Balaban J connectivity index is 1.14. The van der Waals surface area contributed by atoms with Crippen LogP contribution in [0.25, 0.3) is 0 Å². The standard InChI is InChI=1S/C24H23Cl2NO5/c25-15-5-8-17(18(26)10-15)19(28)11-32-24(31)12-3-6-16(7-4-12)27-22(29)20-13-1-2-14(9-13)21(20)23(27)30/h1-2,5,8,10,12-14,16,20-21H,3-4,6-7,9,11H2. The van der Waals surface area contributed by atoms with Gasteiger partial charge in [-0.2, -0.15) is 0 Å². The second-order valence-corrected chi connectivity index (χ2v) is 10.1. The van der Waals surface area contributed by atoms with Gasteiger partial charge in [0.25, 0.3) is 0 Å². The largest absolute Gasteiger partial charge is 0.457 e. The molecule has 5 rings (SSSR count). The van der Waals surface area contributed by atoms with Crippen LogP contribution in [0.2, 0.25) is 10.0 Å². The van der Waals surface area contributed by atoms with Crippen LogP contribution in [-0.4, -0.2) is 41.1 Å². The number of hydrogen-bond donors (Lipinski definition) is 0. The van der Waals surface area contributed by atoms with Crippen molar-refractivity contribution in [3.05, 3.63) is 46.0 Å². The first kappa shape index (κ1) is 21.7. The highest BCUT2D eigenvalue weighted by molar-refractivity contribution is 6.36. The molecule has 1 aromatic carbocycles. The van der Waals surface area contributed by atoms with Gasteiger partial charge < -0.3 is 4.74 Å². The van der Waals surface area contributed by atoms with E-state index in [1.807, 2.05) is 0 Å². The maximum atomic E-state index is 13.0. The van der Waals surface area contributed by atoms with Crippen molar-refractivity contribution in [2.24, 2.45) is 29.6 Å². The number of ether oxygens (including phenoxy) is 1. The third-order valence-electron chi connectivity index (χ3n) is 7.48. The van der Waals surface area contributed by atoms with E-state index in [2.05, 4.69) is 12.2 Å². The smallest absolute Gasteiger partial charge is 0.309 e. The average Bonchev–Trinajstić information content (AvgIpc) is 3.46. The summed E-state index contributed by atoms with van der Waals surface area (Å²) in [4.78, 5) is 52.3. The van der Waals surface area contributed by atoms with E-state index in [1.54, 1.807) is 6.07 Å². The lowest BCUT2D eigenvalue weighted by Gasteiger charge is -2.33. The number of hydrogen-bond acceptors (Lipinski definition) is 5. The van der Waals surface area contributed by atoms with Gasteiger partial charge in [-0.25, -0.2) is 0 Å². The molecule has 168 valence electrons. The van der Waals surface area contributed by atoms with Gasteiger partial charge >= 0.3 is 5.97 Å². The van der Waals surface area contributed by atoms with Gasteiger partial charge in [0.2, 0.25) is 17.6 Å². The molecule has 0 spiro atoms. The Morgan fingerprint density at radius 1 is 0.969 bits per heavy atom. The van der Waals surface area contributed by atoms with Crippen molar-refractivity contribution < 1.29 is 23.9 Å². The monoisotopic (exact) mass is 475 g/mol. The molecule has 1 saturated heterocycles. The summed E-state index contributed by atoms with van der Waals surface area (Å²) in [5, 5.41) is 0.634. The van der Waals surface area contributed by atoms with Gasteiger partial charge in [-0.1, -0.05) is 35.4 Å². The van der Waals surface area contributed by atoms with Crippen LogP contribution in [0, 0.1) is 29.6 Å². The second kappa shape index (κ2) is 8.31. The Labute approximate surface area is 195 Å². The lowest BCUT2D eigenvalue weighted by Crippen LogP contribution is -2.44. The second-order valence-electron chi connectivity index (χ2n) is 9.21. The number of esters is 1. The third-order valence-corrected chi connectivity index (χ3v) is 8.02. The van der Waals surface area contributed by atoms with E-state index in [9.17, 15) is 19.2 Å². The fourth-order valence-corrected chi connectivity index (χ4v) is 6.42. The lowest BCUT2D eigenvalue weighted by atomic mass is 9.85. The number of Topliss-reactive ketones (excluding diaryl/α,β-unsaturated/α-hetero) is 1. The van der Waals surface area contributed by atoms with Crippen LogP contribution < -0.4 is 0 Å². The summed E-state index contributed by atoms with van der Waals surface area (Å²) in [7, 11) is 0. The van der Waals surface area contributed by atoms with Gasteiger partial charge in [-0.05, 0) is 62.1 Å². The van der Waals surface area contributed by atoms with Crippen molar-refractivity contribution in [1.29, 1.82) is 0 Å². The molecule has 2 amide bonds. The first-order chi connectivity index (χ1) is 15.3. The normalized spacial score (nSPS) is 33.0. The van der Waals surface area contributed by atoms with E-state index in [4.69, 9.17) is 27.9 Å². The van der Waals surface area contributed by atoms with Crippen molar-refractivity contribution in [2.45, 2.75) is 38.1 Å². The number of rotatable bonds is 5. The number of ketones is 1. The lowest BCUT2D eigenvalue weighted by molar-refractivity contribution is -0.149. The molecule has 8 heteroatoms. The maximum absolute atomic E-state index is 13.0. The minimum absolute atomic E-state index is 0.0340. The fraction of sp³-hybridized carbons (Fsp3) is 0.500.